The molecule has 1 N–H and O–H groups in total. The largest absolute Gasteiger partial charge is 0.354 e. The van der Waals surface area contributed by atoms with Crippen LogP contribution in [0, 0.1) is 18.3 Å². The van der Waals surface area contributed by atoms with E-state index in [2.05, 4.69) is 32.8 Å². The lowest BCUT2D eigenvalue weighted by Crippen LogP contribution is -2.31. The molecular formula is C24H31N7. The molecule has 1 fully saturated rings. The maximum absolute atomic E-state index is 10.1. The lowest BCUT2D eigenvalue weighted by Gasteiger charge is -2.26. The second-order valence-electron chi connectivity index (χ2n) is 8.21. The highest BCUT2D eigenvalue weighted by atomic mass is 15.1. The lowest BCUT2D eigenvalue weighted by molar-refractivity contribution is 0.228. The van der Waals surface area contributed by atoms with Crippen molar-refractivity contribution in [3.05, 3.63) is 47.5 Å². The van der Waals surface area contributed by atoms with Gasteiger partial charge in [0.1, 0.15) is 11.7 Å². The molecular weight excluding hydrogens is 386 g/mol. The number of nitriles is 1. The SMILES string of the molecule is CCn1c(C(C#N)c2nc(NCCCN3CCCCC3)ncc2C)nc2ccccc21. The third-order valence-corrected chi connectivity index (χ3v) is 6.05. The van der Waals surface area contributed by atoms with Gasteiger partial charge in [-0.3, -0.25) is 0 Å². The zero-order valence-electron chi connectivity index (χ0n) is 18.5. The summed E-state index contributed by atoms with van der Waals surface area (Å²) in [6.45, 7) is 9.14. The first-order valence-corrected chi connectivity index (χ1v) is 11.4. The van der Waals surface area contributed by atoms with Gasteiger partial charge in [-0.15, -0.1) is 0 Å². The zero-order valence-corrected chi connectivity index (χ0v) is 18.5. The van der Waals surface area contributed by atoms with Crippen LogP contribution in [0.15, 0.2) is 30.5 Å². The fourth-order valence-corrected chi connectivity index (χ4v) is 4.41. The number of likely N-dealkylation sites (tertiary alicyclic amines) is 1. The van der Waals surface area contributed by atoms with Gasteiger partial charge in [-0.25, -0.2) is 15.0 Å². The molecule has 1 unspecified atom stereocenters. The van der Waals surface area contributed by atoms with E-state index in [4.69, 9.17) is 9.97 Å². The van der Waals surface area contributed by atoms with Crippen molar-refractivity contribution in [2.75, 3.05) is 31.5 Å². The third-order valence-electron chi connectivity index (χ3n) is 6.05. The van der Waals surface area contributed by atoms with Gasteiger partial charge in [0, 0.05) is 19.3 Å². The number of anilines is 1. The molecule has 0 aliphatic carbocycles. The monoisotopic (exact) mass is 417 g/mol. The summed E-state index contributed by atoms with van der Waals surface area (Å²) < 4.78 is 2.11. The molecule has 0 radical (unpaired) electrons. The number of benzene rings is 1. The van der Waals surface area contributed by atoms with E-state index in [0.717, 1.165) is 54.2 Å². The van der Waals surface area contributed by atoms with Crippen LogP contribution in [-0.4, -0.2) is 50.6 Å². The molecule has 1 aliphatic rings. The Morgan fingerprint density at radius 2 is 1.97 bits per heavy atom. The van der Waals surface area contributed by atoms with E-state index in [9.17, 15) is 5.26 Å². The Morgan fingerprint density at radius 1 is 1.16 bits per heavy atom. The van der Waals surface area contributed by atoms with Crippen LogP contribution >= 0.6 is 0 Å². The number of piperidine rings is 1. The summed E-state index contributed by atoms with van der Waals surface area (Å²) in [6, 6.07) is 10.5. The molecule has 7 nitrogen and oxygen atoms in total. The average molecular weight is 418 g/mol. The first-order valence-electron chi connectivity index (χ1n) is 11.4. The van der Waals surface area contributed by atoms with Gasteiger partial charge in [-0.2, -0.15) is 5.26 Å². The van der Waals surface area contributed by atoms with Crippen molar-refractivity contribution >= 4 is 17.0 Å². The van der Waals surface area contributed by atoms with E-state index < -0.39 is 5.92 Å². The molecule has 31 heavy (non-hydrogen) atoms. The zero-order chi connectivity index (χ0) is 21.6. The third kappa shape index (κ3) is 4.70. The highest BCUT2D eigenvalue weighted by molar-refractivity contribution is 5.76. The Bertz CT molecular complexity index is 1060. The number of para-hydroxylation sites is 2. The molecule has 2 aromatic heterocycles. The smallest absolute Gasteiger partial charge is 0.222 e. The maximum atomic E-state index is 10.1. The average Bonchev–Trinajstić information content (AvgIpc) is 3.18. The first kappa shape index (κ1) is 21.3. The second kappa shape index (κ2) is 9.88. The van der Waals surface area contributed by atoms with Gasteiger partial charge in [-0.05, 0) is 70.4 Å². The van der Waals surface area contributed by atoms with Crippen LogP contribution in [0.3, 0.4) is 0 Å². The minimum absolute atomic E-state index is 0.538. The van der Waals surface area contributed by atoms with Gasteiger partial charge in [-0.1, -0.05) is 18.6 Å². The Balaban J connectivity index is 1.51. The van der Waals surface area contributed by atoms with Crippen molar-refractivity contribution in [1.82, 2.24) is 24.4 Å². The summed E-state index contributed by atoms with van der Waals surface area (Å²) in [4.78, 5) is 16.5. The summed E-state index contributed by atoms with van der Waals surface area (Å²) in [5.74, 6) is 0.784. The lowest BCUT2D eigenvalue weighted by atomic mass is 10.0. The van der Waals surface area contributed by atoms with Crippen LogP contribution in [0.1, 0.15) is 55.6 Å². The van der Waals surface area contributed by atoms with Gasteiger partial charge in [0.2, 0.25) is 5.95 Å². The second-order valence-corrected chi connectivity index (χ2v) is 8.21. The number of hydrogen-bond donors (Lipinski definition) is 1. The van der Waals surface area contributed by atoms with E-state index in [-0.39, 0.29) is 0 Å². The molecule has 0 bridgehead atoms. The number of nitrogens with one attached hydrogen (secondary N) is 1. The standard InChI is InChI=1S/C24H31N7/c1-3-31-21-11-6-5-10-20(21)28-23(31)19(16-25)22-18(2)17-27-24(29-22)26-12-9-15-30-13-7-4-8-14-30/h5-6,10-11,17,19H,3-4,7-9,12-15H2,1-2H3,(H,26,27,29). The van der Waals surface area contributed by atoms with E-state index in [1.165, 1.54) is 32.4 Å². The number of rotatable bonds is 8. The van der Waals surface area contributed by atoms with Gasteiger partial charge in [0.05, 0.1) is 22.8 Å². The number of aryl methyl sites for hydroxylation is 2. The predicted octanol–water partition coefficient (Wildman–Crippen LogP) is 4.10. The minimum atomic E-state index is -0.538. The number of imidazole rings is 1. The quantitative estimate of drug-likeness (QED) is 0.556. The van der Waals surface area contributed by atoms with Crippen molar-refractivity contribution in [1.29, 1.82) is 5.26 Å². The normalized spacial score (nSPS) is 15.6. The Morgan fingerprint density at radius 3 is 2.74 bits per heavy atom. The van der Waals surface area contributed by atoms with Crippen LogP contribution in [0.2, 0.25) is 0 Å². The molecule has 0 saturated carbocycles. The number of fused-ring (bicyclic) bond motifs is 1. The van der Waals surface area contributed by atoms with Crippen LogP contribution in [-0.2, 0) is 6.54 Å². The molecule has 4 rings (SSSR count). The highest BCUT2D eigenvalue weighted by Crippen LogP contribution is 2.28. The number of hydrogen-bond acceptors (Lipinski definition) is 6. The summed E-state index contributed by atoms with van der Waals surface area (Å²) >= 11 is 0. The Labute approximate surface area is 184 Å². The van der Waals surface area contributed by atoms with E-state index >= 15 is 0 Å². The molecule has 1 aromatic carbocycles. The Hall–Kier alpha value is -2.98. The molecule has 7 heteroatoms. The molecule has 1 aliphatic heterocycles. The van der Waals surface area contributed by atoms with Crippen molar-refractivity contribution in [2.24, 2.45) is 0 Å². The van der Waals surface area contributed by atoms with Gasteiger partial charge in [0.25, 0.3) is 0 Å². The molecule has 1 atom stereocenters. The summed E-state index contributed by atoms with van der Waals surface area (Å²) in [5, 5.41) is 13.4. The minimum Gasteiger partial charge on any atom is -0.354 e. The number of nitrogens with zero attached hydrogens (tertiary/aromatic N) is 6. The molecule has 3 aromatic rings. The molecule has 1 saturated heterocycles. The fourth-order valence-electron chi connectivity index (χ4n) is 4.41. The van der Waals surface area contributed by atoms with Crippen molar-refractivity contribution < 1.29 is 0 Å². The number of aromatic nitrogens is 4. The van der Waals surface area contributed by atoms with E-state index in [1.807, 2.05) is 31.2 Å². The molecule has 0 amide bonds. The van der Waals surface area contributed by atoms with Gasteiger partial charge >= 0.3 is 0 Å². The van der Waals surface area contributed by atoms with Crippen molar-refractivity contribution in [2.45, 2.75) is 52.0 Å². The van der Waals surface area contributed by atoms with E-state index in [1.54, 1.807) is 6.20 Å². The van der Waals surface area contributed by atoms with Crippen LogP contribution < -0.4 is 5.32 Å². The molecule has 3 heterocycles. The molecule has 0 spiro atoms. The summed E-state index contributed by atoms with van der Waals surface area (Å²) in [6.07, 6.45) is 6.85. The predicted molar refractivity (Wildman–Crippen MR) is 123 cm³/mol. The van der Waals surface area contributed by atoms with Crippen LogP contribution in [0.25, 0.3) is 11.0 Å². The van der Waals surface area contributed by atoms with E-state index in [0.29, 0.717) is 5.95 Å². The van der Waals surface area contributed by atoms with Gasteiger partial charge in [0.15, 0.2) is 0 Å². The highest BCUT2D eigenvalue weighted by Gasteiger charge is 2.25. The van der Waals surface area contributed by atoms with Crippen LogP contribution in [0.4, 0.5) is 5.95 Å². The van der Waals surface area contributed by atoms with Crippen molar-refractivity contribution in [3.63, 3.8) is 0 Å². The first-order chi connectivity index (χ1) is 15.2. The van der Waals surface area contributed by atoms with Gasteiger partial charge < -0.3 is 14.8 Å². The summed E-state index contributed by atoms with van der Waals surface area (Å²) in [5.41, 5.74) is 3.58. The maximum Gasteiger partial charge on any atom is 0.222 e. The fraction of sp³-hybridized carbons (Fsp3) is 0.500. The molecule has 162 valence electrons. The van der Waals surface area contributed by atoms with Crippen molar-refractivity contribution in [3.8, 4) is 6.07 Å². The topological polar surface area (TPSA) is 82.7 Å². The van der Waals surface area contributed by atoms with Crippen LogP contribution in [0.5, 0.6) is 0 Å². The summed E-state index contributed by atoms with van der Waals surface area (Å²) in [7, 11) is 0. The Kier molecular flexibility index (Phi) is 6.78.